The minimum atomic E-state index is -1.33. The highest BCUT2D eigenvalue weighted by Gasteiger charge is 2.38. The van der Waals surface area contributed by atoms with Crippen molar-refractivity contribution in [2.45, 2.75) is 63.4 Å². The average Bonchev–Trinajstić information content (AvgIpc) is 2.45. The Labute approximate surface area is 119 Å². The Balaban J connectivity index is 1.98. The van der Waals surface area contributed by atoms with E-state index in [-0.39, 0.29) is 11.0 Å². The Kier molecular flexibility index (Phi) is 5.18. The normalized spacial score (nSPS) is 37.5. The van der Waals surface area contributed by atoms with Crippen molar-refractivity contribution in [2.75, 3.05) is 13.2 Å². The van der Waals surface area contributed by atoms with Gasteiger partial charge in [-0.1, -0.05) is 32.3 Å². The number of aliphatic hydroxyl groups excluding tert-OH is 3. The Morgan fingerprint density at radius 3 is 2.45 bits per heavy atom. The van der Waals surface area contributed by atoms with Gasteiger partial charge in [0.25, 0.3) is 0 Å². The maximum Gasteiger partial charge on any atom is 0.113 e. The van der Waals surface area contributed by atoms with E-state index in [9.17, 15) is 19.7 Å². The topological polar surface area (TPSA) is 72.7 Å². The maximum absolute atomic E-state index is 12.8. The number of hydrogen-bond donors (Lipinski definition) is 4. The fourth-order valence-corrected chi connectivity index (χ4v) is 3.30. The summed E-state index contributed by atoms with van der Waals surface area (Å²) in [5.74, 6) is 0. The van der Waals surface area contributed by atoms with Crippen LogP contribution in [0.2, 0.25) is 0 Å². The summed E-state index contributed by atoms with van der Waals surface area (Å²) < 4.78 is 12.8. The molecule has 0 aliphatic heterocycles. The smallest absolute Gasteiger partial charge is 0.113 e. The number of hydrogen-bond acceptors (Lipinski definition) is 4. The molecule has 4 atom stereocenters. The van der Waals surface area contributed by atoms with Crippen molar-refractivity contribution in [3.05, 3.63) is 11.6 Å². The van der Waals surface area contributed by atoms with Gasteiger partial charge in [0.15, 0.2) is 0 Å². The number of aliphatic hydroxyl groups is 3. The monoisotopic (exact) mass is 287 g/mol. The van der Waals surface area contributed by atoms with E-state index in [4.69, 9.17) is 0 Å². The quantitative estimate of drug-likeness (QED) is 0.580. The van der Waals surface area contributed by atoms with Crippen LogP contribution in [0.3, 0.4) is 0 Å². The second-order valence-corrected chi connectivity index (χ2v) is 6.58. The van der Waals surface area contributed by atoms with Gasteiger partial charge in [-0.25, -0.2) is 4.39 Å². The van der Waals surface area contributed by atoms with Crippen LogP contribution in [0.1, 0.15) is 39.0 Å². The Hall–Kier alpha value is -0.490. The molecule has 2 aliphatic rings. The summed E-state index contributed by atoms with van der Waals surface area (Å²) in [6, 6.07) is -0.502. The highest BCUT2D eigenvalue weighted by atomic mass is 19.1. The molecule has 0 unspecified atom stereocenters. The third-order valence-electron chi connectivity index (χ3n) is 4.79. The summed E-state index contributed by atoms with van der Waals surface area (Å²) in [7, 11) is 0. The zero-order valence-corrected chi connectivity index (χ0v) is 12.1. The van der Waals surface area contributed by atoms with Gasteiger partial charge in [-0.15, -0.1) is 0 Å². The molecule has 0 heterocycles. The zero-order valence-electron chi connectivity index (χ0n) is 12.1. The molecule has 4 nitrogen and oxygen atoms in total. The molecule has 4 N–H and O–H groups in total. The Morgan fingerprint density at radius 1 is 1.20 bits per heavy atom. The van der Waals surface area contributed by atoms with Gasteiger partial charge in [-0.3, -0.25) is 0 Å². The first-order chi connectivity index (χ1) is 9.47. The van der Waals surface area contributed by atoms with Crippen molar-refractivity contribution >= 4 is 0 Å². The highest BCUT2D eigenvalue weighted by Crippen LogP contribution is 2.35. The van der Waals surface area contributed by atoms with Crippen LogP contribution in [0.25, 0.3) is 0 Å². The van der Waals surface area contributed by atoms with Gasteiger partial charge in [-0.2, -0.15) is 0 Å². The van der Waals surface area contributed by atoms with E-state index in [1.807, 2.05) is 0 Å². The van der Waals surface area contributed by atoms with E-state index < -0.39 is 31.0 Å². The molecule has 1 fully saturated rings. The van der Waals surface area contributed by atoms with Gasteiger partial charge < -0.3 is 20.6 Å². The maximum atomic E-state index is 12.8. The summed E-state index contributed by atoms with van der Waals surface area (Å²) >= 11 is 0. The lowest BCUT2D eigenvalue weighted by atomic mass is 9.75. The molecule has 116 valence electrons. The molecule has 0 aromatic rings. The van der Waals surface area contributed by atoms with E-state index in [1.165, 1.54) is 25.3 Å². The summed E-state index contributed by atoms with van der Waals surface area (Å²) in [6.45, 7) is 2.15. The van der Waals surface area contributed by atoms with Crippen molar-refractivity contribution in [1.82, 2.24) is 5.32 Å². The van der Waals surface area contributed by atoms with Gasteiger partial charge in [0.2, 0.25) is 0 Å². The first-order valence-corrected chi connectivity index (χ1v) is 7.51. The number of alkyl halides is 1. The molecule has 1 saturated carbocycles. The molecular formula is C15H26FNO3. The van der Waals surface area contributed by atoms with Crippen LogP contribution in [-0.2, 0) is 0 Å². The molecular weight excluding hydrogens is 261 g/mol. The van der Waals surface area contributed by atoms with E-state index in [2.05, 4.69) is 12.2 Å². The fourth-order valence-electron chi connectivity index (χ4n) is 3.30. The van der Waals surface area contributed by atoms with Crippen LogP contribution < -0.4 is 5.32 Å². The summed E-state index contributed by atoms with van der Waals surface area (Å²) in [6.07, 6.45) is 3.79. The van der Waals surface area contributed by atoms with E-state index >= 15 is 0 Å². The van der Waals surface area contributed by atoms with Crippen LogP contribution >= 0.6 is 0 Å². The van der Waals surface area contributed by atoms with Crippen LogP contribution in [0.4, 0.5) is 4.39 Å². The lowest BCUT2D eigenvalue weighted by Crippen LogP contribution is -2.55. The van der Waals surface area contributed by atoms with Crippen molar-refractivity contribution in [1.29, 1.82) is 0 Å². The second-order valence-electron chi connectivity index (χ2n) is 6.58. The van der Waals surface area contributed by atoms with E-state index in [0.29, 0.717) is 0 Å². The minimum Gasteiger partial charge on any atom is -0.388 e. The minimum absolute atomic E-state index is 0.147. The van der Waals surface area contributed by atoms with Gasteiger partial charge in [-0.05, 0) is 23.8 Å². The van der Waals surface area contributed by atoms with E-state index in [1.54, 1.807) is 0 Å². The van der Waals surface area contributed by atoms with Crippen LogP contribution in [0, 0.1) is 5.41 Å². The van der Waals surface area contributed by atoms with Crippen molar-refractivity contribution in [2.24, 2.45) is 5.41 Å². The van der Waals surface area contributed by atoms with Gasteiger partial charge in [0.1, 0.15) is 25.0 Å². The standard InChI is InChI=1S/C15H26FNO3/c1-15(5-3-2-4-6-15)9-17-11-7-10(8-16)12(18)14(20)13(11)19/h7,11-14,17-20H,2-6,8-9H2,1H3/t11-,12+,13+,14+/m1/s1. The van der Waals surface area contributed by atoms with Gasteiger partial charge >= 0.3 is 0 Å². The third kappa shape index (κ3) is 3.39. The van der Waals surface area contributed by atoms with E-state index in [0.717, 1.165) is 19.4 Å². The highest BCUT2D eigenvalue weighted by molar-refractivity contribution is 5.21. The SMILES string of the molecule is CC1(CN[C@@H]2C=C(CF)[C@H](O)[C@H](O)[C@H]2O)CCCCC1. The summed E-state index contributed by atoms with van der Waals surface area (Å²) in [5.41, 5.74) is 0.344. The molecule has 0 radical (unpaired) electrons. The predicted octanol–water partition coefficient (Wildman–Crippen LogP) is 0.907. The molecule has 0 amide bonds. The summed E-state index contributed by atoms with van der Waals surface area (Å²) in [5, 5.41) is 32.6. The molecule has 5 heteroatoms. The third-order valence-corrected chi connectivity index (χ3v) is 4.79. The molecule has 0 bridgehead atoms. The lowest BCUT2D eigenvalue weighted by molar-refractivity contribution is -0.0640. The number of nitrogens with one attached hydrogen (secondary N) is 1. The summed E-state index contributed by atoms with van der Waals surface area (Å²) in [4.78, 5) is 0. The molecule has 2 aliphatic carbocycles. The first-order valence-electron chi connectivity index (χ1n) is 7.51. The largest absolute Gasteiger partial charge is 0.388 e. The van der Waals surface area contributed by atoms with Crippen molar-refractivity contribution in [3.63, 3.8) is 0 Å². The molecule has 0 saturated heterocycles. The van der Waals surface area contributed by atoms with Crippen LogP contribution in [-0.4, -0.2) is 52.9 Å². The fraction of sp³-hybridized carbons (Fsp3) is 0.867. The molecule has 2 rings (SSSR count). The molecule has 0 aromatic heterocycles. The zero-order chi connectivity index (χ0) is 14.8. The van der Waals surface area contributed by atoms with Crippen LogP contribution in [0.5, 0.6) is 0 Å². The average molecular weight is 287 g/mol. The Bertz CT molecular complexity index is 355. The predicted molar refractivity (Wildman–Crippen MR) is 75.1 cm³/mol. The van der Waals surface area contributed by atoms with Crippen molar-refractivity contribution < 1.29 is 19.7 Å². The van der Waals surface area contributed by atoms with Crippen molar-refractivity contribution in [3.8, 4) is 0 Å². The molecule has 20 heavy (non-hydrogen) atoms. The molecule has 0 spiro atoms. The van der Waals surface area contributed by atoms with Gasteiger partial charge in [0.05, 0.1) is 6.04 Å². The number of halogens is 1. The van der Waals surface area contributed by atoms with Gasteiger partial charge in [0, 0.05) is 6.54 Å². The van der Waals surface area contributed by atoms with Crippen LogP contribution in [0.15, 0.2) is 11.6 Å². The Morgan fingerprint density at radius 2 is 1.85 bits per heavy atom. The number of rotatable bonds is 4. The second kappa shape index (κ2) is 6.52. The lowest BCUT2D eigenvalue weighted by Gasteiger charge is -2.38. The molecule has 0 aromatic carbocycles. The first kappa shape index (κ1) is 15.9.